The Hall–Kier alpha value is -1.55. The van der Waals surface area contributed by atoms with E-state index in [9.17, 15) is 4.79 Å². The first-order chi connectivity index (χ1) is 8.45. The summed E-state index contributed by atoms with van der Waals surface area (Å²) in [4.78, 5) is 12.9. The van der Waals surface area contributed by atoms with Crippen molar-refractivity contribution in [1.29, 1.82) is 0 Å². The summed E-state index contributed by atoms with van der Waals surface area (Å²) in [6.45, 7) is 4.32. The largest absolute Gasteiger partial charge is 0.497 e. The number of hydrogen-bond donors (Lipinski definition) is 1. The van der Waals surface area contributed by atoms with Crippen molar-refractivity contribution >= 4 is 5.97 Å². The number of hydrogen-bond acceptors (Lipinski definition) is 3. The van der Waals surface area contributed by atoms with Gasteiger partial charge in [0.1, 0.15) is 5.75 Å². The number of carbonyl (C=O) groups is 1. The van der Waals surface area contributed by atoms with Gasteiger partial charge in [-0.15, -0.1) is 0 Å². The van der Waals surface area contributed by atoms with Crippen LogP contribution in [0.5, 0.6) is 5.75 Å². The Balaban J connectivity index is 2.67. The predicted octanol–water partition coefficient (Wildman–Crippen LogP) is 2.41. The summed E-state index contributed by atoms with van der Waals surface area (Å²) in [5, 5.41) is 8.91. The van der Waals surface area contributed by atoms with Gasteiger partial charge < -0.3 is 9.84 Å². The van der Waals surface area contributed by atoms with Crippen molar-refractivity contribution in [2.75, 3.05) is 20.7 Å². The number of methoxy groups -OCH3 is 1. The molecule has 0 aliphatic heterocycles. The molecule has 0 amide bonds. The predicted molar refractivity (Wildman–Crippen MR) is 70.8 cm³/mol. The van der Waals surface area contributed by atoms with E-state index in [1.54, 1.807) is 14.0 Å². The molecule has 0 heterocycles. The van der Waals surface area contributed by atoms with Gasteiger partial charge in [0.2, 0.25) is 0 Å². The van der Waals surface area contributed by atoms with Crippen molar-refractivity contribution in [3.63, 3.8) is 0 Å². The summed E-state index contributed by atoms with van der Waals surface area (Å²) in [5.41, 5.74) is 1.15. The third kappa shape index (κ3) is 3.74. The molecule has 18 heavy (non-hydrogen) atoms. The van der Waals surface area contributed by atoms with Crippen LogP contribution >= 0.6 is 0 Å². The minimum absolute atomic E-state index is 0.178. The number of carboxylic acids is 1. The van der Waals surface area contributed by atoms with Crippen LogP contribution in [-0.2, 0) is 4.79 Å². The number of benzene rings is 1. The second-order valence-corrected chi connectivity index (χ2v) is 4.63. The van der Waals surface area contributed by atoms with E-state index in [-0.39, 0.29) is 12.0 Å². The van der Waals surface area contributed by atoms with Crippen molar-refractivity contribution in [2.24, 2.45) is 5.92 Å². The van der Waals surface area contributed by atoms with Crippen LogP contribution < -0.4 is 4.74 Å². The maximum atomic E-state index is 10.8. The number of ether oxygens (including phenoxy) is 1. The van der Waals surface area contributed by atoms with Crippen LogP contribution in [0.4, 0.5) is 0 Å². The van der Waals surface area contributed by atoms with Crippen LogP contribution in [-0.4, -0.2) is 36.7 Å². The molecule has 1 aromatic rings. The fourth-order valence-electron chi connectivity index (χ4n) is 1.81. The van der Waals surface area contributed by atoms with Gasteiger partial charge in [0.05, 0.1) is 13.0 Å². The Kier molecular flexibility index (Phi) is 5.16. The molecule has 0 saturated heterocycles. The summed E-state index contributed by atoms with van der Waals surface area (Å²) in [6, 6.07) is 8.02. The van der Waals surface area contributed by atoms with Gasteiger partial charge in [0.15, 0.2) is 0 Å². The van der Waals surface area contributed by atoms with Gasteiger partial charge in [-0.2, -0.15) is 0 Å². The first-order valence-electron chi connectivity index (χ1n) is 6.02. The van der Waals surface area contributed by atoms with E-state index in [1.807, 2.05) is 36.2 Å². The van der Waals surface area contributed by atoms with Gasteiger partial charge >= 0.3 is 5.97 Å². The molecular formula is C14H21NO3. The van der Waals surface area contributed by atoms with Crippen molar-refractivity contribution in [3.8, 4) is 5.75 Å². The van der Waals surface area contributed by atoms with E-state index in [0.29, 0.717) is 6.54 Å². The SMILES string of the molecule is COc1ccc(C(C)N(C)CC(C)C(=O)O)cc1. The Morgan fingerprint density at radius 3 is 2.33 bits per heavy atom. The average Bonchev–Trinajstić information content (AvgIpc) is 2.37. The quantitative estimate of drug-likeness (QED) is 0.843. The molecule has 4 nitrogen and oxygen atoms in total. The molecule has 0 fully saturated rings. The van der Waals surface area contributed by atoms with Gasteiger partial charge in [-0.1, -0.05) is 19.1 Å². The minimum atomic E-state index is -0.760. The van der Waals surface area contributed by atoms with E-state index in [4.69, 9.17) is 9.84 Å². The highest BCUT2D eigenvalue weighted by Gasteiger charge is 2.18. The fourth-order valence-corrected chi connectivity index (χ4v) is 1.81. The Labute approximate surface area is 108 Å². The summed E-state index contributed by atoms with van der Waals surface area (Å²) < 4.78 is 5.11. The van der Waals surface area contributed by atoms with Crippen molar-refractivity contribution in [2.45, 2.75) is 19.9 Å². The monoisotopic (exact) mass is 251 g/mol. The van der Waals surface area contributed by atoms with Crippen LogP contribution in [0.15, 0.2) is 24.3 Å². The molecule has 0 radical (unpaired) electrons. The normalized spacial score (nSPS) is 14.3. The van der Waals surface area contributed by atoms with Crippen LogP contribution in [0.2, 0.25) is 0 Å². The zero-order valence-electron chi connectivity index (χ0n) is 11.4. The molecule has 1 rings (SSSR count). The maximum Gasteiger partial charge on any atom is 0.307 e. The zero-order chi connectivity index (χ0) is 13.7. The van der Waals surface area contributed by atoms with E-state index >= 15 is 0 Å². The summed E-state index contributed by atoms with van der Waals surface area (Å²) in [5.74, 6) is -0.299. The molecule has 0 spiro atoms. The topological polar surface area (TPSA) is 49.8 Å². The molecule has 0 aliphatic rings. The van der Waals surface area contributed by atoms with Gasteiger partial charge in [-0.25, -0.2) is 0 Å². The molecule has 4 heteroatoms. The standard InChI is InChI=1S/C14H21NO3/c1-10(14(16)17)9-15(3)11(2)12-5-7-13(18-4)8-6-12/h5-8,10-11H,9H2,1-4H3,(H,16,17). The fraction of sp³-hybridized carbons (Fsp3) is 0.500. The number of rotatable bonds is 6. The average molecular weight is 251 g/mol. The van der Waals surface area contributed by atoms with Crippen molar-refractivity contribution < 1.29 is 14.6 Å². The highest BCUT2D eigenvalue weighted by atomic mass is 16.5. The van der Waals surface area contributed by atoms with Crippen LogP contribution in [0.3, 0.4) is 0 Å². The molecule has 100 valence electrons. The van der Waals surface area contributed by atoms with E-state index in [0.717, 1.165) is 11.3 Å². The van der Waals surface area contributed by atoms with Gasteiger partial charge in [-0.3, -0.25) is 9.69 Å². The smallest absolute Gasteiger partial charge is 0.307 e. The van der Waals surface area contributed by atoms with E-state index < -0.39 is 5.97 Å². The third-order valence-corrected chi connectivity index (χ3v) is 3.24. The van der Waals surface area contributed by atoms with Gasteiger partial charge in [-0.05, 0) is 31.7 Å². The highest BCUT2D eigenvalue weighted by molar-refractivity contribution is 5.69. The third-order valence-electron chi connectivity index (χ3n) is 3.24. The molecule has 1 aromatic carbocycles. The second-order valence-electron chi connectivity index (χ2n) is 4.63. The molecular weight excluding hydrogens is 230 g/mol. The number of aliphatic carboxylic acids is 1. The molecule has 0 aromatic heterocycles. The van der Waals surface area contributed by atoms with Gasteiger partial charge in [0.25, 0.3) is 0 Å². The molecule has 1 N–H and O–H groups in total. The molecule has 0 saturated carbocycles. The van der Waals surface area contributed by atoms with Crippen LogP contribution in [0.1, 0.15) is 25.5 Å². The van der Waals surface area contributed by atoms with Crippen molar-refractivity contribution in [1.82, 2.24) is 4.90 Å². The lowest BCUT2D eigenvalue weighted by Gasteiger charge is -2.26. The first-order valence-corrected chi connectivity index (χ1v) is 6.02. The second kappa shape index (κ2) is 6.40. The summed E-state index contributed by atoms with van der Waals surface area (Å²) in [7, 11) is 3.58. The summed E-state index contributed by atoms with van der Waals surface area (Å²) >= 11 is 0. The Bertz CT molecular complexity index is 389. The van der Waals surface area contributed by atoms with E-state index in [1.165, 1.54) is 0 Å². The zero-order valence-corrected chi connectivity index (χ0v) is 11.4. The maximum absolute atomic E-state index is 10.8. The lowest BCUT2D eigenvalue weighted by Crippen LogP contribution is -2.30. The summed E-state index contributed by atoms with van der Waals surface area (Å²) in [6.07, 6.45) is 0. The Morgan fingerprint density at radius 2 is 1.89 bits per heavy atom. The number of nitrogens with zero attached hydrogens (tertiary/aromatic N) is 1. The minimum Gasteiger partial charge on any atom is -0.497 e. The van der Waals surface area contributed by atoms with Crippen LogP contribution in [0, 0.1) is 5.92 Å². The first kappa shape index (κ1) is 14.5. The molecule has 0 aliphatic carbocycles. The van der Waals surface area contributed by atoms with Crippen LogP contribution in [0.25, 0.3) is 0 Å². The van der Waals surface area contributed by atoms with Gasteiger partial charge in [0, 0.05) is 12.6 Å². The molecule has 2 atom stereocenters. The lowest BCUT2D eigenvalue weighted by atomic mass is 10.1. The molecule has 0 bridgehead atoms. The highest BCUT2D eigenvalue weighted by Crippen LogP contribution is 2.22. The molecule has 2 unspecified atom stereocenters. The Morgan fingerprint density at radius 1 is 1.33 bits per heavy atom. The number of carboxylic acid groups (broad SMARTS) is 1. The van der Waals surface area contributed by atoms with Crippen molar-refractivity contribution in [3.05, 3.63) is 29.8 Å². The van der Waals surface area contributed by atoms with E-state index in [2.05, 4.69) is 6.92 Å². The lowest BCUT2D eigenvalue weighted by molar-refractivity contribution is -0.141.